The smallest absolute Gasteiger partial charge is 0.146 e. The van der Waals surface area contributed by atoms with Crippen molar-refractivity contribution < 1.29 is 9.53 Å². The highest BCUT2D eigenvalue weighted by molar-refractivity contribution is 5.74. The Bertz CT molecular complexity index is 436. The second-order valence-electron chi connectivity index (χ2n) is 4.73. The number of rotatable bonds is 3. The maximum Gasteiger partial charge on any atom is 0.146 e. The zero-order valence-electron chi connectivity index (χ0n) is 10.4. The highest BCUT2D eigenvalue weighted by Gasteiger charge is 2.15. The standard InChI is InChI=1S/C15H18O2/c1-11-6-7-15(8-12(11)2)17-14-5-3-4-13(9-14)10-16/h4-7,10,12H,3,8-9H2,1-2H3. The summed E-state index contributed by atoms with van der Waals surface area (Å²) in [5.41, 5.74) is 2.21. The van der Waals surface area contributed by atoms with Gasteiger partial charge in [0.25, 0.3) is 0 Å². The SMILES string of the molecule is CC1=CC=C(OC2=CCC=C(C=O)C2)CC1C. The first-order chi connectivity index (χ1) is 8.19. The summed E-state index contributed by atoms with van der Waals surface area (Å²) in [6.07, 6.45) is 11.4. The quantitative estimate of drug-likeness (QED) is 0.691. The van der Waals surface area contributed by atoms with Crippen LogP contribution in [0.4, 0.5) is 0 Å². The molecule has 2 nitrogen and oxygen atoms in total. The van der Waals surface area contributed by atoms with E-state index in [0.29, 0.717) is 12.3 Å². The Hall–Kier alpha value is -1.57. The Kier molecular flexibility index (Phi) is 3.62. The van der Waals surface area contributed by atoms with Crippen molar-refractivity contribution in [3.8, 4) is 0 Å². The van der Waals surface area contributed by atoms with E-state index < -0.39 is 0 Å². The van der Waals surface area contributed by atoms with Crippen molar-refractivity contribution in [1.29, 1.82) is 0 Å². The maximum absolute atomic E-state index is 10.7. The van der Waals surface area contributed by atoms with Crippen LogP contribution in [-0.4, -0.2) is 6.29 Å². The molecule has 2 rings (SSSR count). The summed E-state index contributed by atoms with van der Waals surface area (Å²) >= 11 is 0. The fraction of sp³-hybridized carbons (Fsp3) is 0.400. The van der Waals surface area contributed by atoms with Gasteiger partial charge in [0.2, 0.25) is 0 Å². The first-order valence-corrected chi connectivity index (χ1v) is 6.07. The van der Waals surface area contributed by atoms with Gasteiger partial charge in [0.05, 0.1) is 0 Å². The van der Waals surface area contributed by atoms with Crippen LogP contribution in [0.3, 0.4) is 0 Å². The van der Waals surface area contributed by atoms with Crippen LogP contribution in [0.1, 0.15) is 33.1 Å². The van der Waals surface area contributed by atoms with Crippen LogP contribution in [-0.2, 0) is 9.53 Å². The normalized spacial score (nSPS) is 24.2. The van der Waals surface area contributed by atoms with Crippen molar-refractivity contribution in [2.45, 2.75) is 33.1 Å². The molecular weight excluding hydrogens is 212 g/mol. The van der Waals surface area contributed by atoms with Crippen molar-refractivity contribution in [3.05, 3.63) is 47.0 Å². The van der Waals surface area contributed by atoms with Gasteiger partial charge in [-0.1, -0.05) is 24.6 Å². The highest BCUT2D eigenvalue weighted by atomic mass is 16.5. The molecule has 0 spiro atoms. The number of carbonyl (C=O) groups excluding carboxylic acids is 1. The molecule has 0 bridgehead atoms. The minimum Gasteiger partial charge on any atom is -0.466 e. The molecule has 0 fully saturated rings. The van der Waals surface area contributed by atoms with E-state index in [9.17, 15) is 4.79 Å². The zero-order chi connectivity index (χ0) is 12.3. The van der Waals surface area contributed by atoms with Gasteiger partial charge in [0.15, 0.2) is 0 Å². The second-order valence-corrected chi connectivity index (χ2v) is 4.73. The largest absolute Gasteiger partial charge is 0.466 e. The van der Waals surface area contributed by atoms with Crippen molar-refractivity contribution in [3.63, 3.8) is 0 Å². The highest BCUT2D eigenvalue weighted by Crippen LogP contribution is 2.28. The topological polar surface area (TPSA) is 26.3 Å². The molecule has 0 saturated heterocycles. The monoisotopic (exact) mass is 230 g/mol. The summed E-state index contributed by atoms with van der Waals surface area (Å²) in [6.45, 7) is 4.35. The summed E-state index contributed by atoms with van der Waals surface area (Å²) in [6, 6.07) is 0. The lowest BCUT2D eigenvalue weighted by Gasteiger charge is -2.21. The first kappa shape index (κ1) is 11.9. The van der Waals surface area contributed by atoms with Crippen molar-refractivity contribution in [1.82, 2.24) is 0 Å². The first-order valence-electron chi connectivity index (χ1n) is 6.07. The third-order valence-corrected chi connectivity index (χ3v) is 3.33. The number of ether oxygens (including phenoxy) is 1. The number of allylic oxidation sites excluding steroid dienone is 7. The lowest BCUT2D eigenvalue weighted by molar-refractivity contribution is -0.105. The molecule has 0 aliphatic heterocycles. The van der Waals surface area contributed by atoms with Gasteiger partial charge in [0, 0.05) is 12.8 Å². The molecule has 0 heterocycles. The molecular formula is C15H18O2. The molecule has 0 amide bonds. The van der Waals surface area contributed by atoms with Gasteiger partial charge in [0.1, 0.15) is 17.8 Å². The lowest BCUT2D eigenvalue weighted by atomic mass is 9.93. The van der Waals surface area contributed by atoms with Crippen LogP contribution in [0.15, 0.2) is 47.0 Å². The van der Waals surface area contributed by atoms with Gasteiger partial charge in [-0.05, 0) is 37.0 Å². The molecule has 0 aromatic heterocycles. The van der Waals surface area contributed by atoms with Crippen LogP contribution in [0.2, 0.25) is 0 Å². The van der Waals surface area contributed by atoms with Crippen LogP contribution in [0.5, 0.6) is 0 Å². The van der Waals surface area contributed by atoms with E-state index in [4.69, 9.17) is 4.74 Å². The number of hydrogen-bond donors (Lipinski definition) is 0. The zero-order valence-corrected chi connectivity index (χ0v) is 10.4. The van der Waals surface area contributed by atoms with Gasteiger partial charge in [-0.2, -0.15) is 0 Å². The number of aldehydes is 1. The minimum absolute atomic E-state index is 0.542. The average Bonchev–Trinajstić information content (AvgIpc) is 2.34. The third kappa shape index (κ3) is 2.96. The molecule has 0 aromatic carbocycles. The molecule has 0 aromatic rings. The van der Waals surface area contributed by atoms with Crippen LogP contribution >= 0.6 is 0 Å². The Morgan fingerprint density at radius 1 is 1.29 bits per heavy atom. The Morgan fingerprint density at radius 2 is 2.12 bits per heavy atom. The molecule has 0 N–H and O–H groups in total. The predicted molar refractivity (Wildman–Crippen MR) is 68.2 cm³/mol. The number of hydrogen-bond acceptors (Lipinski definition) is 2. The maximum atomic E-state index is 10.7. The van der Waals surface area contributed by atoms with Crippen molar-refractivity contribution in [2.24, 2.45) is 5.92 Å². The van der Waals surface area contributed by atoms with Gasteiger partial charge in [-0.3, -0.25) is 4.79 Å². The third-order valence-electron chi connectivity index (χ3n) is 3.33. The minimum atomic E-state index is 0.542. The predicted octanol–water partition coefficient (Wildman–Crippen LogP) is 3.68. The summed E-state index contributed by atoms with van der Waals surface area (Å²) in [4.78, 5) is 10.7. The van der Waals surface area contributed by atoms with Gasteiger partial charge < -0.3 is 4.74 Å². The molecule has 90 valence electrons. The van der Waals surface area contributed by atoms with Crippen molar-refractivity contribution >= 4 is 6.29 Å². The summed E-state index contributed by atoms with van der Waals surface area (Å²) in [5.74, 6) is 2.45. The molecule has 17 heavy (non-hydrogen) atoms. The molecule has 0 saturated carbocycles. The van der Waals surface area contributed by atoms with Crippen molar-refractivity contribution in [2.75, 3.05) is 0 Å². The Morgan fingerprint density at radius 3 is 2.82 bits per heavy atom. The molecule has 2 aliphatic rings. The van der Waals surface area contributed by atoms with E-state index in [0.717, 1.165) is 36.2 Å². The van der Waals surface area contributed by atoms with E-state index in [2.05, 4.69) is 19.9 Å². The second kappa shape index (κ2) is 5.17. The fourth-order valence-corrected chi connectivity index (χ4v) is 2.02. The van der Waals surface area contributed by atoms with Gasteiger partial charge in [-0.25, -0.2) is 0 Å². The number of carbonyl (C=O) groups is 1. The van der Waals surface area contributed by atoms with Gasteiger partial charge >= 0.3 is 0 Å². The van der Waals surface area contributed by atoms with Crippen LogP contribution in [0, 0.1) is 5.92 Å². The Balaban J connectivity index is 1.99. The molecule has 1 unspecified atom stereocenters. The summed E-state index contributed by atoms with van der Waals surface area (Å²) in [5, 5.41) is 0. The molecule has 0 radical (unpaired) electrons. The fourth-order valence-electron chi connectivity index (χ4n) is 2.02. The molecule has 2 heteroatoms. The molecule has 2 aliphatic carbocycles. The van der Waals surface area contributed by atoms with Gasteiger partial charge in [-0.15, -0.1) is 0 Å². The lowest BCUT2D eigenvalue weighted by Crippen LogP contribution is -2.07. The van der Waals surface area contributed by atoms with E-state index in [-0.39, 0.29) is 0 Å². The Labute approximate surface area is 102 Å². The van der Waals surface area contributed by atoms with Crippen LogP contribution in [0.25, 0.3) is 0 Å². The van der Waals surface area contributed by atoms with E-state index in [1.54, 1.807) is 0 Å². The van der Waals surface area contributed by atoms with E-state index >= 15 is 0 Å². The summed E-state index contributed by atoms with van der Waals surface area (Å²) in [7, 11) is 0. The van der Waals surface area contributed by atoms with E-state index in [1.807, 2.05) is 18.2 Å². The molecule has 1 atom stereocenters. The van der Waals surface area contributed by atoms with E-state index in [1.165, 1.54) is 5.57 Å². The van der Waals surface area contributed by atoms with Crippen LogP contribution < -0.4 is 0 Å². The average molecular weight is 230 g/mol. The summed E-state index contributed by atoms with van der Waals surface area (Å²) < 4.78 is 5.86.